The molecular weight excluding hydrogens is 346 g/mol. The zero-order valence-electron chi connectivity index (χ0n) is 13.7. The maximum absolute atomic E-state index is 12.7. The predicted molar refractivity (Wildman–Crippen MR) is 95.7 cm³/mol. The quantitative estimate of drug-likeness (QED) is 0.882. The summed E-state index contributed by atoms with van der Waals surface area (Å²) in [5.74, 6) is -2.48. The summed E-state index contributed by atoms with van der Waals surface area (Å²) >= 11 is 1.63. The largest absolute Gasteiger partial charge is 0.481 e. The number of hydrogen-bond donors (Lipinski definition) is 1. The summed E-state index contributed by atoms with van der Waals surface area (Å²) in [6, 6.07) is 8.11. The summed E-state index contributed by atoms with van der Waals surface area (Å²) in [4.78, 5) is 12.4. The zero-order chi connectivity index (χ0) is 17.5. The number of carbonyl (C=O) groups is 1. The Kier molecular flexibility index (Phi) is 4.68. The predicted octanol–water partition coefficient (Wildman–Crippen LogP) is 2.95. The molecule has 1 aliphatic rings. The summed E-state index contributed by atoms with van der Waals surface area (Å²) < 4.78 is 28.0. The fourth-order valence-corrected chi connectivity index (χ4v) is 6.38. The number of carboxylic acid groups (broad SMARTS) is 1. The molecule has 7 heteroatoms. The maximum Gasteiger partial charge on any atom is 0.307 e. The Morgan fingerprint density at radius 2 is 2.04 bits per heavy atom. The molecule has 0 saturated heterocycles. The van der Waals surface area contributed by atoms with Crippen LogP contribution in [0.5, 0.6) is 0 Å². The number of hydrogen-bond acceptors (Lipinski definition) is 4. The van der Waals surface area contributed by atoms with E-state index < -0.39 is 21.9 Å². The molecule has 0 radical (unpaired) electrons. The third-order valence-corrected chi connectivity index (χ3v) is 7.70. The number of benzene rings is 1. The Bertz CT molecular complexity index is 870. The lowest BCUT2D eigenvalue weighted by Gasteiger charge is -2.28. The Morgan fingerprint density at radius 3 is 2.71 bits per heavy atom. The van der Waals surface area contributed by atoms with Crippen molar-refractivity contribution >= 4 is 37.4 Å². The van der Waals surface area contributed by atoms with Crippen molar-refractivity contribution in [1.29, 1.82) is 0 Å². The van der Waals surface area contributed by atoms with Gasteiger partial charge in [0.15, 0.2) is 0 Å². The van der Waals surface area contributed by atoms with Crippen LogP contribution in [-0.4, -0.2) is 36.1 Å². The van der Waals surface area contributed by atoms with E-state index in [1.165, 1.54) is 20.0 Å². The van der Waals surface area contributed by atoms with E-state index in [9.17, 15) is 18.3 Å². The van der Waals surface area contributed by atoms with Crippen molar-refractivity contribution in [1.82, 2.24) is 4.31 Å². The van der Waals surface area contributed by atoms with E-state index in [2.05, 4.69) is 12.1 Å². The van der Waals surface area contributed by atoms with Crippen molar-refractivity contribution in [3.05, 3.63) is 34.7 Å². The first kappa shape index (κ1) is 17.4. The van der Waals surface area contributed by atoms with Crippen molar-refractivity contribution in [2.24, 2.45) is 11.8 Å². The standard InChI is InChI=1S/C17H21NO4S2/c1-11(2)14(17(19)20)10-24(21,22)18-8-7-13-12-5-3-4-6-15(12)23-16(13)9-18/h3-6,11,14H,7-10H2,1-2H3,(H,19,20). The molecule has 2 aromatic rings. The first-order valence-corrected chi connectivity index (χ1v) is 10.4. The molecule has 24 heavy (non-hydrogen) atoms. The molecule has 5 nitrogen and oxygen atoms in total. The molecule has 0 saturated carbocycles. The van der Waals surface area contributed by atoms with Gasteiger partial charge < -0.3 is 5.11 Å². The Balaban J connectivity index is 1.85. The Labute approximate surface area is 146 Å². The van der Waals surface area contributed by atoms with E-state index in [-0.39, 0.29) is 11.7 Å². The van der Waals surface area contributed by atoms with Gasteiger partial charge in [0.1, 0.15) is 0 Å². The van der Waals surface area contributed by atoms with Gasteiger partial charge in [-0.05, 0) is 29.4 Å². The Hall–Kier alpha value is -1.44. The van der Waals surface area contributed by atoms with Gasteiger partial charge in [-0.1, -0.05) is 32.0 Å². The van der Waals surface area contributed by atoms with Crippen LogP contribution in [0.2, 0.25) is 0 Å². The van der Waals surface area contributed by atoms with Crippen LogP contribution in [0.3, 0.4) is 0 Å². The molecule has 1 aliphatic heterocycles. The van der Waals surface area contributed by atoms with Gasteiger partial charge in [-0.25, -0.2) is 8.42 Å². The third-order valence-electron chi connectivity index (χ3n) is 4.62. The van der Waals surface area contributed by atoms with Gasteiger partial charge in [0.2, 0.25) is 10.0 Å². The number of carboxylic acids is 1. The zero-order valence-corrected chi connectivity index (χ0v) is 15.4. The molecule has 3 rings (SSSR count). The summed E-state index contributed by atoms with van der Waals surface area (Å²) in [5.41, 5.74) is 1.24. The normalized spacial score (nSPS) is 17.1. The van der Waals surface area contributed by atoms with Crippen molar-refractivity contribution in [3.8, 4) is 0 Å². The van der Waals surface area contributed by atoms with Crippen LogP contribution in [0.15, 0.2) is 24.3 Å². The average Bonchev–Trinajstić information content (AvgIpc) is 2.89. The summed E-state index contributed by atoms with van der Waals surface area (Å²) in [6.45, 7) is 4.26. The molecule has 1 aromatic carbocycles. The first-order chi connectivity index (χ1) is 11.3. The summed E-state index contributed by atoms with van der Waals surface area (Å²) in [7, 11) is -3.59. The van der Waals surface area contributed by atoms with Crippen LogP contribution in [0.25, 0.3) is 10.1 Å². The van der Waals surface area contributed by atoms with E-state index in [1.807, 2.05) is 12.1 Å². The lowest BCUT2D eigenvalue weighted by atomic mass is 9.98. The van der Waals surface area contributed by atoms with E-state index in [0.29, 0.717) is 19.5 Å². The molecule has 0 fully saturated rings. The average molecular weight is 367 g/mol. The van der Waals surface area contributed by atoms with Crippen LogP contribution in [-0.2, 0) is 27.8 Å². The minimum Gasteiger partial charge on any atom is -0.481 e. The summed E-state index contributed by atoms with van der Waals surface area (Å²) in [5, 5.41) is 10.5. The monoisotopic (exact) mass is 367 g/mol. The van der Waals surface area contributed by atoms with Gasteiger partial charge >= 0.3 is 5.97 Å². The second-order valence-electron chi connectivity index (χ2n) is 6.55. The molecule has 1 N–H and O–H groups in total. The number of nitrogens with zero attached hydrogens (tertiary/aromatic N) is 1. The lowest BCUT2D eigenvalue weighted by Crippen LogP contribution is -2.40. The van der Waals surface area contributed by atoms with Crippen LogP contribution in [0, 0.1) is 11.8 Å². The Morgan fingerprint density at radius 1 is 1.33 bits per heavy atom. The van der Waals surface area contributed by atoms with Gasteiger partial charge in [-0.3, -0.25) is 4.79 Å². The number of fused-ring (bicyclic) bond motifs is 3. The molecule has 1 unspecified atom stereocenters. The number of aliphatic carboxylic acids is 1. The molecule has 130 valence electrons. The number of rotatable bonds is 5. The molecule has 1 atom stereocenters. The fraction of sp³-hybridized carbons (Fsp3) is 0.471. The van der Waals surface area contributed by atoms with Crippen LogP contribution in [0.4, 0.5) is 0 Å². The van der Waals surface area contributed by atoms with Crippen molar-refractivity contribution in [2.75, 3.05) is 12.3 Å². The van der Waals surface area contributed by atoms with E-state index in [4.69, 9.17) is 0 Å². The van der Waals surface area contributed by atoms with Gasteiger partial charge in [0.05, 0.1) is 11.7 Å². The third kappa shape index (κ3) is 3.20. The smallest absolute Gasteiger partial charge is 0.307 e. The fourth-order valence-electron chi connectivity index (χ4n) is 3.15. The highest BCUT2D eigenvalue weighted by Gasteiger charge is 2.34. The van der Waals surface area contributed by atoms with Crippen LogP contribution >= 0.6 is 11.3 Å². The van der Waals surface area contributed by atoms with Crippen LogP contribution < -0.4 is 0 Å². The number of thiophene rings is 1. The van der Waals surface area contributed by atoms with E-state index >= 15 is 0 Å². The lowest BCUT2D eigenvalue weighted by molar-refractivity contribution is -0.142. The SMILES string of the molecule is CC(C)C(CS(=O)(=O)N1CCc2c(sc3ccccc23)C1)C(=O)O. The number of sulfonamides is 1. The van der Waals surface area contributed by atoms with Crippen molar-refractivity contribution in [3.63, 3.8) is 0 Å². The molecular formula is C17H21NO4S2. The molecule has 0 spiro atoms. The van der Waals surface area contributed by atoms with Gasteiger partial charge in [-0.2, -0.15) is 4.31 Å². The minimum absolute atomic E-state index is 0.220. The molecule has 0 aliphatic carbocycles. The van der Waals surface area contributed by atoms with Gasteiger partial charge in [0, 0.05) is 22.7 Å². The second kappa shape index (κ2) is 6.46. The van der Waals surface area contributed by atoms with E-state index in [0.717, 1.165) is 4.88 Å². The summed E-state index contributed by atoms with van der Waals surface area (Å²) in [6.07, 6.45) is 0.679. The van der Waals surface area contributed by atoms with E-state index in [1.54, 1.807) is 25.2 Å². The maximum atomic E-state index is 12.7. The molecule has 1 aromatic heterocycles. The van der Waals surface area contributed by atoms with Crippen molar-refractivity contribution < 1.29 is 18.3 Å². The van der Waals surface area contributed by atoms with Crippen molar-refractivity contribution in [2.45, 2.75) is 26.8 Å². The highest BCUT2D eigenvalue weighted by molar-refractivity contribution is 7.89. The highest BCUT2D eigenvalue weighted by atomic mass is 32.2. The highest BCUT2D eigenvalue weighted by Crippen LogP contribution is 2.36. The molecule has 0 amide bonds. The molecule has 2 heterocycles. The van der Waals surface area contributed by atoms with Crippen LogP contribution in [0.1, 0.15) is 24.3 Å². The minimum atomic E-state index is -3.59. The topological polar surface area (TPSA) is 74.7 Å². The first-order valence-electron chi connectivity index (χ1n) is 7.99. The van der Waals surface area contributed by atoms with Gasteiger partial charge in [-0.15, -0.1) is 11.3 Å². The molecule has 0 bridgehead atoms. The van der Waals surface area contributed by atoms with Gasteiger partial charge in [0.25, 0.3) is 0 Å². The second-order valence-corrected chi connectivity index (χ2v) is 9.70.